The summed E-state index contributed by atoms with van der Waals surface area (Å²) >= 11 is 6.11. The van der Waals surface area contributed by atoms with Gasteiger partial charge in [-0.05, 0) is 24.6 Å². The van der Waals surface area contributed by atoms with E-state index in [1.807, 2.05) is 12.1 Å². The molecule has 1 aromatic carbocycles. The van der Waals surface area contributed by atoms with E-state index >= 15 is 0 Å². The second kappa shape index (κ2) is 7.54. The van der Waals surface area contributed by atoms with Crippen molar-refractivity contribution in [3.63, 3.8) is 0 Å². The van der Waals surface area contributed by atoms with E-state index in [0.29, 0.717) is 17.3 Å². The minimum atomic E-state index is -2.37. The summed E-state index contributed by atoms with van der Waals surface area (Å²) in [4.78, 5) is 1.51. The van der Waals surface area contributed by atoms with E-state index in [1.165, 1.54) is 4.90 Å². The van der Waals surface area contributed by atoms with Crippen molar-refractivity contribution in [2.45, 2.75) is 26.3 Å². The van der Waals surface area contributed by atoms with Gasteiger partial charge in [-0.2, -0.15) is 0 Å². The molecule has 0 aromatic heterocycles. The summed E-state index contributed by atoms with van der Waals surface area (Å²) in [6, 6.07) is 5.47. The van der Waals surface area contributed by atoms with Crippen LogP contribution in [0.5, 0.6) is 0 Å². The maximum atomic E-state index is 12.4. The monoisotopic (exact) mass is 276 g/mol. The summed E-state index contributed by atoms with van der Waals surface area (Å²) in [5.74, 6) is 0. The largest absolute Gasteiger partial charge is 0.367 e. The fraction of sp³-hybridized carbons (Fsp3) is 0.538. The summed E-state index contributed by atoms with van der Waals surface area (Å²) in [6.07, 6.45) is -1.34. The van der Waals surface area contributed by atoms with Crippen LogP contribution in [0.25, 0.3) is 0 Å². The molecule has 0 radical (unpaired) electrons. The maximum Gasteiger partial charge on any atom is 0.255 e. The van der Waals surface area contributed by atoms with Crippen LogP contribution < -0.4 is 10.2 Å². The van der Waals surface area contributed by atoms with E-state index in [-0.39, 0.29) is 6.54 Å². The van der Waals surface area contributed by atoms with E-state index < -0.39 is 6.43 Å². The molecule has 0 atom stereocenters. The van der Waals surface area contributed by atoms with Crippen LogP contribution in [0.4, 0.5) is 14.5 Å². The average Bonchev–Trinajstić information content (AvgIpc) is 2.28. The molecule has 0 bridgehead atoms. The normalized spacial score (nSPS) is 11.0. The third-order valence-electron chi connectivity index (χ3n) is 2.61. The van der Waals surface area contributed by atoms with Crippen molar-refractivity contribution in [2.75, 3.05) is 25.0 Å². The fourth-order valence-corrected chi connectivity index (χ4v) is 2.17. The Hall–Kier alpha value is -0.870. The van der Waals surface area contributed by atoms with Crippen LogP contribution in [0.15, 0.2) is 18.2 Å². The second-order valence-corrected chi connectivity index (χ2v) is 4.60. The Balaban J connectivity index is 2.85. The van der Waals surface area contributed by atoms with Gasteiger partial charge in [-0.15, -0.1) is 0 Å². The molecule has 0 unspecified atom stereocenters. The highest BCUT2D eigenvalue weighted by molar-refractivity contribution is 6.33. The molecule has 2 nitrogen and oxygen atoms in total. The van der Waals surface area contributed by atoms with E-state index in [4.69, 9.17) is 11.6 Å². The highest BCUT2D eigenvalue weighted by atomic mass is 35.5. The summed E-state index contributed by atoms with van der Waals surface area (Å²) < 4.78 is 24.9. The van der Waals surface area contributed by atoms with E-state index in [1.54, 1.807) is 13.1 Å². The molecule has 1 N–H and O–H groups in total. The number of hydrogen-bond acceptors (Lipinski definition) is 2. The number of anilines is 1. The third kappa shape index (κ3) is 4.42. The highest BCUT2D eigenvalue weighted by Crippen LogP contribution is 2.29. The van der Waals surface area contributed by atoms with Crippen molar-refractivity contribution in [3.8, 4) is 0 Å². The SMILES string of the molecule is CCCNCc1cccc(Cl)c1N(C)CC(F)F. The Morgan fingerprint density at radius 3 is 2.72 bits per heavy atom. The van der Waals surface area contributed by atoms with Crippen molar-refractivity contribution in [3.05, 3.63) is 28.8 Å². The molecule has 0 heterocycles. The van der Waals surface area contributed by atoms with Crippen LogP contribution in [0, 0.1) is 0 Å². The van der Waals surface area contributed by atoms with Gasteiger partial charge in [0, 0.05) is 13.6 Å². The predicted molar refractivity (Wildman–Crippen MR) is 72.7 cm³/mol. The zero-order valence-corrected chi connectivity index (χ0v) is 11.5. The molecule has 0 saturated heterocycles. The zero-order chi connectivity index (χ0) is 13.5. The molecule has 1 aromatic rings. The van der Waals surface area contributed by atoms with Crippen LogP contribution in [-0.2, 0) is 6.54 Å². The van der Waals surface area contributed by atoms with Crippen LogP contribution in [0.3, 0.4) is 0 Å². The van der Waals surface area contributed by atoms with Crippen molar-refractivity contribution in [1.82, 2.24) is 5.32 Å². The van der Waals surface area contributed by atoms with Crippen molar-refractivity contribution >= 4 is 17.3 Å². The Bertz CT molecular complexity index is 372. The number of hydrogen-bond donors (Lipinski definition) is 1. The third-order valence-corrected chi connectivity index (χ3v) is 2.91. The molecule has 1 rings (SSSR count). The summed E-state index contributed by atoms with van der Waals surface area (Å²) in [5.41, 5.74) is 1.63. The van der Waals surface area contributed by atoms with E-state index in [0.717, 1.165) is 18.5 Å². The van der Waals surface area contributed by atoms with Gasteiger partial charge in [0.05, 0.1) is 17.3 Å². The van der Waals surface area contributed by atoms with Crippen molar-refractivity contribution in [2.24, 2.45) is 0 Å². The first-order valence-electron chi connectivity index (χ1n) is 6.03. The first-order valence-corrected chi connectivity index (χ1v) is 6.41. The molecule has 0 aliphatic heterocycles. The molecular weight excluding hydrogens is 258 g/mol. The van der Waals surface area contributed by atoms with Crippen LogP contribution in [0.2, 0.25) is 5.02 Å². The number of nitrogens with one attached hydrogen (secondary N) is 1. The Labute approximate surface area is 112 Å². The summed E-state index contributed by atoms with van der Waals surface area (Å²) in [6.45, 7) is 3.29. The number of alkyl halides is 2. The van der Waals surface area contributed by atoms with Gasteiger partial charge >= 0.3 is 0 Å². The molecule has 0 fully saturated rings. The Morgan fingerprint density at radius 1 is 1.39 bits per heavy atom. The minimum Gasteiger partial charge on any atom is -0.367 e. The van der Waals surface area contributed by atoms with Crippen molar-refractivity contribution < 1.29 is 8.78 Å². The van der Waals surface area contributed by atoms with Crippen molar-refractivity contribution in [1.29, 1.82) is 0 Å². The Kier molecular flexibility index (Phi) is 6.36. The lowest BCUT2D eigenvalue weighted by molar-refractivity contribution is 0.156. The topological polar surface area (TPSA) is 15.3 Å². The average molecular weight is 277 g/mol. The molecule has 18 heavy (non-hydrogen) atoms. The molecule has 0 aliphatic rings. The first-order chi connectivity index (χ1) is 8.56. The summed E-state index contributed by atoms with van der Waals surface area (Å²) in [5, 5.41) is 3.76. The smallest absolute Gasteiger partial charge is 0.255 e. The molecular formula is C13H19ClF2N2. The van der Waals surface area contributed by atoms with Gasteiger partial charge in [0.1, 0.15) is 0 Å². The molecule has 0 spiro atoms. The highest BCUT2D eigenvalue weighted by Gasteiger charge is 2.15. The number of benzene rings is 1. The number of nitrogens with zero attached hydrogens (tertiary/aromatic N) is 1. The lowest BCUT2D eigenvalue weighted by Gasteiger charge is -2.23. The van der Waals surface area contributed by atoms with Crippen LogP contribution in [0.1, 0.15) is 18.9 Å². The quantitative estimate of drug-likeness (QED) is 0.767. The van der Waals surface area contributed by atoms with Crippen LogP contribution >= 0.6 is 11.6 Å². The van der Waals surface area contributed by atoms with Gasteiger partial charge in [0.25, 0.3) is 6.43 Å². The van der Waals surface area contributed by atoms with E-state index in [9.17, 15) is 8.78 Å². The molecule has 5 heteroatoms. The number of halogens is 3. The molecule has 0 amide bonds. The fourth-order valence-electron chi connectivity index (χ4n) is 1.83. The van der Waals surface area contributed by atoms with Gasteiger partial charge in [-0.25, -0.2) is 8.78 Å². The van der Waals surface area contributed by atoms with Gasteiger partial charge in [0.2, 0.25) is 0 Å². The number of para-hydroxylation sites is 1. The van der Waals surface area contributed by atoms with Gasteiger partial charge in [-0.1, -0.05) is 30.7 Å². The summed E-state index contributed by atoms with van der Waals surface area (Å²) in [7, 11) is 1.64. The molecule has 0 saturated carbocycles. The lowest BCUT2D eigenvalue weighted by Crippen LogP contribution is -2.26. The van der Waals surface area contributed by atoms with Gasteiger partial charge < -0.3 is 10.2 Å². The molecule has 102 valence electrons. The standard InChI is InChI=1S/C13H19ClF2N2/c1-3-7-17-8-10-5-4-6-11(14)13(10)18(2)9-12(15)16/h4-6,12,17H,3,7-9H2,1-2H3. The minimum absolute atomic E-state index is 0.315. The first kappa shape index (κ1) is 15.2. The maximum absolute atomic E-state index is 12.4. The zero-order valence-electron chi connectivity index (χ0n) is 10.7. The molecule has 0 aliphatic carbocycles. The van der Waals surface area contributed by atoms with Gasteiger partial charge in [0.15, 0.2) is 0 Å². The Morgan fingerprint density at radius 2 is 2.11 bits per heavy atom. The second-order valence-electron chi connectivity index (χ2n) is 4.20. The number of rotatable bonds is 7. The lowest BCUT2D eigenvalue weighted by atomic mass is 10.1. The predicted octanol–water partition coefficient (Wildman–Crippen LogP) is 3.54. The van der Waals surface area contributed by atoms with Gasteiger partial charge in [-0.3, -0.25) is 0 Å². The van der Waals surface area contributed by atoms with Crippen LogP contribution in [-0.4, -0.2) is 26.6 Å². The van der Waals surface area contributed by atoms with E-state index in [2.05, 4.69) is 12.2 Å².